The highest BCUT2D eigenvalue weighted by atomic mass is 16.5. The maximum atomic E-state index is 13.1. The largest absolute Gasteiger partial charge is 0.497 e. The molecule has 0 saturated carbocycles. The standard InChI is InChI=1S/C33H35NO8/c1-34(17-7-8-18-42-33(36)21-9-12-23(37-2)13-10-21)26-15-11-22-19-29(39-4)31(40-5)32(41-6)30(22)24-14-16-28(38-3)27(35)20-25(24)26/h9-10,12-14,16,19-20,26H,11,15,17-18H2,1-6H3/t26-/m0/s1. The second kappa shape index (κ2) is 13.8. The third-order valence-electron chi connectivity index (χ3n) is 7.28. The highest BCUT2D eigenvalue weighted by molar-refractivity contribution is 5.89. The van der Waals surface area contributed by atoms with Crippen LogP contribution < -0.4 is 29.1 Å². The van der Waals surface area contributed by atoms with Crippen LogP contribution in [-0.2, 0) is 11.2 Å². The summed E-state index contributed by atoms with van der Waals surface area (Å²) in [6, 6.07) is 13.7. The summed E-state index contributed by atoms with van der Waals surface area (Å²) in [7, 11) is 9.74. The van der Waals surface area contributed by atoms with Gasteiger partial charge < -0.3 is 28.4 Å². The number of aryl methyl sites for hydroxylation is 1. The highest BCUT2D eigenvalue weighted by Crippen LogP contribution is 2.50. The van der Waals surface area contributed by atoms with E-state index in [1.165, 1.54) is 7.11 Å². The molecule has 0 heterocycles. The van der Waals surface area contributed by atoms with Crippen LogP contribution in [0.15, 0.2) is 53.3 Å². The molecule has 0 bridgehead atoms. The smallest absolute Gasteiger partial charge is 0.339 e. The molecule has 0 amide bonds. The number of methoxy groups -OCH3 is 5. The zero-order valence-electron chi connectivity index (χ0n) is 24.7. The number of carbonyl (C=O) groups excluding carboxylic acids is 1. The van der Waals surface area contributed by atoms with Crippen LogP contribution in [0, 0.1) is 11.8 Å². The topological polar surface area (TPSA) is 92.8 Å². The predicted molar refractivity (Wildman–Crippen MR) is 159 cm³/mol. The van der Waals surface area contributed by atoms with Gasteiger partial charge in [0, 0.05) is 11.6 Å². The van der Waals surface area contributed by atoms with Crippen molar-refractivity contribution < 1.29 is 33.2 Å². The molecular formula is C33H35NO8. The number of ether oxygens (including phenoxy) is 6. The average Bonchev–Trinajstić information content (AvgIpc) is 3.27. The van der Waals surface area contributed by atoms with E-state index in [0.29, 0.717) is 47.9 Å². The van der Waals surface area contributed by atoms with E-state index in [9.17, 15) is 9.59 Å². The second-order valence-corrected chi connectivity index (χ2v) is 9.59. The summed E-state index contributed by atoms with van der Waals surface area (Å²) in [5, 5.41) is 0. The monoisotopic (exact) mass is 573 g/mol. The molecule has 1 aliphatic carbocycles. The second-order valence-electron chi connectivity index (χ2n) is 9.59. The third-order valence-corrected chi connectivity index (χ3v) is 7.28. The molecular weight excluding hydrogens is 538 g/mol. The lowest BCUT2D eigenvalue weighted by Crippen LogP contribution is -2.26. The molecule has 3 aromatic carbocycles. The maximum Gasteiger partial charge on any atom is 0.339 e. The van der Waals surface area contributed by atoms with Crippen molar-refractivity contribution in [1.82, 2.24) is 4.90 Å². The molecule has 0 unspecified atom stereocenters. The van der Waals surface area contributed by atoms with Crippen molar-refractivity contribution in [3.05, 3.63) is 75.4 Å². The molecule has 9 heteroatoms. The Labute approximate surface area is 245 Å². The zero-order chi connectivity index (χ0) is 30.2. The third kappa shape index (κ3) is 6.29. The molecule has 0 radical (unpaired) electrons. The Bertz CT molecular complexity index is 1560. The summed E-state index contributed by atoms with van der Waals surface area (Å²) in [4.78, 5) is 27.5. The van der Waals surface area contributed by atoms with Gasteiger partial charge in [0.1, 0.15) is 5.75 Å². The van der Waals surface area contributed by atoms with Crippen LogP contribution in [-0.4, -0.2) is 66.6 Å². The molecule has 220 valence electrons. The fraction of sp³-hybridized carbons (Fsp3) is 0.333. The molecule has 0 fully saturated rings. The van der Waals surface area contributed by atoms with Gasteiger partial charge in [-0.05, 0) is 79.0 Å². The minimum absolute atomic E-state index is 0.0426. The average molecular weight is 574 g/mol. The van der Waals surface area contributed by atoms with Crippen molar-refractivity contribution >= 4 is 5.97 Å². The van der Waals surface area contributed by atoms with E-state index in [0.717, 1.165) is 22.3 Å². The van der Waals surface area contributed by atoms with Gasteiger partial charge in [0.2, 0.25) is 11.2 Å². The lowest BCUT2D eigenvalue weighted by Gasteiger charge is -2.26. The van der Waals surface area contributed by atoms with Gasteiger partial charge in [0.05, 0.1) is 47.7 Å². The van der Waals surface area contributed by atoms with Crippen molar-refractivity contribution in [1.29, 1.82) is 0 Å². The summed E-state index contributed by atoms with van der Waals surface area (Å²) in [5.41, 5.74) is 3.70. The summed E-state index contributed by atoms with van der Waals surface area (Å²) in [5.74, 6) is 8.04. The van der Waals surface area contributed by atoms with Crippen LogP contribution in [0.1, 0.15) is 33.9 Å². The first-order valence-electron chi connectivity index (χ1n) is 13.4. The summed E-state index contributed by atoms with van der Waals surface area (Å²) in [6.07, 6.45) is 1.40. The molecule has 42 heavy (non-hydrogen) atoms. The van der Waals surface area contributed by atoms with Gasteiger partial charge in [-0.2, -0.15) is 0 Å². The number of nitrogens with zero attached hydrogens (tertiary/aromatic N) is 1. The summed E-state index contributed by atoms with van der Waals surface area (Å²) in [6.45, 7) is 0.341. The van der Waals surface area contributed by atoms with Crippen molar-refractivity contribution in [3.8, 4) is 51.7 Å². The maximum absolute atomic E-state index is 13.1. The van der Waals surface area contributed by atoms with Gasteiger partial charge in [-0.15, -0.1) is 0 Å². The van der Waals surface area contributed by atoms with E-state index in [2.05, 4.69) is 16.7 Å². The van der Waals surface area contributed by atoms with Crippen molar-refractivity contribution in [3.63, 3.8) is 0 Å². The zero-order valence-corrected chi connectivity index (χ0v) is 24.7. The van der Waals surface area contributed by atoms with Crippen LogP contribution in [0.3, 0.4) is 0 Å². The summed E-state index contributed by atoms with van der Waals surface area (Å²) >= 11 is 0. The van der Waals surface area contributed by atoms with Crippen molar-refractivity contribution in [2.75, 3.05) is 55.7 Å². The van der Waals surface area contributed by atoms with Gasteiger partial charge in [-0.1, -0.05) is 17.9 Å². The van der Waals surface area contributed by atoms with E-state index >= 15 is 0 Å². The number of esters is 1. The van der Waals surface area contributed by atoms with Crippen molar-refractivity contribution in [2.45, 2.75) is 18.9 Å². The Kier molecular flexibility index (Phi) is 9.94. The minimum Gasteiger partial charge on any atom is -0.497 e. The Balaban J connectivity index is 1.63. The molecule has 1 aliphatic rings. The highest BCUT2D eigenvalue weighted by Gasteiger charge is 2.30. The number of hydrogen-bond acceptors (Lipinski definition) is 9. The fourth-order valence-corrected chi connectivity index (χ4v) is 5.16. The van der Waals surface area contributed by atoms with Crippen LogP contribution in [0.25, 0.3) is 11.1 Å². The van der Waals surface area contributed by atoms with Gasteiger partial charge in [-0.3, -0.25) is 9.69 Å². The van der Waals surface area contributed by atoms with E-state index in [1.807, 2.05) is 19.2 Å². The van der Waals surface area contributed by atoms with Gasteiger partial charge in [-0.25, -0.2) is 4.79 Å². The number of benzene rings is 2. The predicted octanol–water partition coefficient (Wildman–Crippen LogP) is 4.54. The SMILES string of the molecule is COc1ccc(C(=O)OCC#CCN(C)[C@H]2CCc3cc(OC)c(OC)c(OC)c3-c3ccc(OC)c(=O)cc32)cc1. The van der Waals surface area contributed by atoms with Crippen molar-refractivity contribution in [2.24, 2.45) is 0 Å². The number of fused-ring (bicyclic) bond motifs is 3. The number of hydrogen-bond donors (Lipinski definition) is 0. The van der Waals surface area contributed by atoms with Gasteiger partial charge >= 0.3 is 5.97 Å². The molecule has 0 spiro atoms. The Morgan fingerprint density at radius 3 is 2.21 bits per heavy atom. The van der Waals surface area contributed by atoms with E-state index in [-0.39, 0.29) is 23.8 Å². The first-order chi connectivity index (χ1) is 20.4. The Hall–Kier alpha value is -4.68. The molecule has 9 nitrogen and oxygen atoms in total. The lowest BCUT2D eigenvalue weighted by atomic mass is 9.95. The minimum atomic E-state index is -0.458. The number of rotatable bonds is 9. The van der Waals surface area contributed by atoms with Crippen LogP contribution in [0.4, 0.5) is 0 Å². The molecule has 3 aromatic rings. The van der Waals surface area contributed by atoms with E-state index in [4.69, 9.17) is 28.4 Å². The van der Waals surface area contributed by atoms with Crippen LogP contribution in [0.5, 0.6) is 28.7 Å². The molecule has 4 rings (SSSR count). The molecule has 1 atom stereocenters. The molecule has 0 N–H and O–H groups in total. The van der Waals surface area contributed by atoms with Crippen LogP contribution in [0.2, 0.25) is 0 Å². The molecule has 0 aliphatic heterocycles. The fourth-order valence-electron chi connectivity index (χ4n) is 5.16. The van der Waals surface area contributed by atoms with Gasteiger partial charge in [0.25, 0.3) is 0 Å². The summed E-state index contributed by atoms with van der Waals surface area (Å²) < 4.78 is 32.9. The normalized spacial score (nSPS) is 13.5. The Morgan fingerprint density at radius 2 is 1.57 bits per heavy atom. The lowest BCUT2D eigenvalue weighted by molar-refractivity contribution is 0.0556. The molecule has 0 aromatic heterocycles. The quantitative estimate of drug-likeness (QED) is 0.270. The number of carbonyl (C=O) groups is 1. The first-order valence-corrected chi connectivity index (χ1v) is 13.4. The van der Waals surface area contributed by atoms with Crippen LogP contribution >= 0.6 is 0 Å². The molecule has 0 saturated heterocycles. The first kappa shape index (κ1) is 30.3. The van der Waals surface area contributed by atoms with E-state index in [1.54, 1.807) is 64.8 Å². The van der Waals surface area contributed by atoms with E-state index < -0.39 is 5.97 Å². The van der Waals surface area contributed by atoms with Gasteiger partial charge in [0.15, 0.2) is 23.9 Å². The Morgan fingerprint density at radius 1 is 0.857 bits per heavy atom.